The molecule has 2 aromatic rings. The fourth-order valence-electron chi connectivity index (χ4n) is 2.63. The Morgan fingerprint density at radius 3 is 2.89 bits per heavy atom. The molecule has 0 saturated heterocycles. The predicted molar refractivity (Wildman–Crippen MR) is 70.1 cm³/mol. The number of anilines is 2. The first kappa shape index (κ1) is 11.0. The number of hydrogen-bond donors (Lipinski definition) is 1. The molecule has 0 fully saturated rings. The second-order valence-electron chi connectivity index (χ2n) is 4.48. The van der Waals surface area contributed by atoms with E-state index in [4.69, 9.17) is 5.73 Å². The zero-order valence-corrected chi connectivity index (χ0v) is 10.8. The second kappa shape index (κ2) is 3.69. The lowest BCUT2D eigenvalue weighted by Gasteiger charge is -2.34. The molecule has 18 heavy (non-hydrogen) atoms. The summed E-state index contributed by atoms with van der Waals surface area (Å²) in [7, 11) is 1.84. The summed E-state index contributed by atoms with van der Waals surface area (Å²) in [5, 5.41) is 8.91. The number of aromatic nitrogens is 4. The van der Waals surface area contributed by atoms with Crippen molar-refractivity contribution in [2.24, 2.45) is 7.05 Å². The van der Waals surface area contributed by atoms with E-state index in [1.54, 1.807) is 11.0 Å². The summed E-state index contributed by atoms with van der Waals surface area (Å²) < 4.78 is 0. The van der Waals surface area contributed by atoms with Gasteiger partial charge in [0.2, 0.25) is 0 Å². The fourth-order valence-corrected chi connectivity index (χ4v) is 2.63. The molecule has 2 aromatic heterocycles. The Morgan fingerprint density at radius 2 is 2.17 bits per heavy atom. The van der Waals surface area contributed by atoms with Gasteiger partial charge in [-0.05, 0) is 19.9 Å². The number of rotatable bonds is 1. The van der Waals surface area contributed by atoms with Gasteiger partial charge in [-0.3, -0.25) is 0 Å². The van der Waals surface area contributed by atoms with E-state index in [0.717, 1.165) is 29.2 Å². The molecule has 1 aliphatic heterocycles. The number of pyridine rings is 1. The summed E-state index contributed by atoms with van der Waals surface area (Å²) >= 11 is 0. The van der Waals surface area contributed by atoms with Crippen LogP contribution in [0.1, 0.15) is 25.6 Å². The highest BCUT2D eigenvalue weighted by atomic mass is 15.5. The molecule has 0 spiro atoms. The second-order valence-corrected chi connectivity index (χ2v) is 4.48. The van der Waals surface area contributed by atoms with E-state index in [1.165, 1.54) is 0 Å². The Balaban J connectivity index is 2.32. The van der Waals surface area contributed by atoms with Crippen LogP contribution in [0.5, 0.6) is 0 Å². The van der Waals surface area contributed by atoms with Gasteiger partial charge >= 0.3 is 0 Å². The van der Waals surface area contributed by atoms with Crippen molar-refractivity contribution in [3.05, 3.63) is 18.0 Å². The molecular weight excluding hydrogens is 228 g/mol. The van der Waals surface area contributed by atoms with Crippen molar-refractivity contribution in [3.63, 3.8) is 0 Å². The van der Waals surface area contributed by atoms with Crippen molar-refractivity contribution < 1.29 is 0 Å². The van der Waals surface area contributed by atoms with Gasteiger partial charge in [-0.25, -0.2) is 4.98 Å². The Hall–Kier alpha value is -2.11. The first-order chi connectivity index (χ1) is 8.63. The molecule has 0 radical (unpaired) electrons. The third-order valence-electron chi connectivity index (χ3n) is 3.44. The summed E-state index contributed by atoms with van der Waals surface area (Å²) in [6.07, 6.45) is 1.72. The lowest BCUT2D eigenvalue weighted by molar-refractivity contribution is 0.614. The lowest BCUT2D eigenvalue weighted by atomic mass is 9.98. The zero-order chi connectivity index (χ0) is 12.9. The molecule has 1 aliphatic rings. The molecule has 6 heteroatoms. The molecule has 0 aliphatic carbocycles. The molecular formula is C12H16N6. The number of nitrogens with zero attached hydrogens (tertiary/aromatic N) is 5. The van der Waals surface area contributed by atoms with Crippen LogP contribution < -0.4 is 10.6 Å². The summed E-state index contributed by atoms with van der Waals surface area (Å²) in [6.45, 7) is 5.08. The average Bonchev–Trinajstić information content (AvgIpc) is 2.73. The van der Waals surface area contributed by atoms with E-state index in [2.05, 4.69) is 33.9 Å². The van der Waals surface area contributed by atoms with Crippen LogP contribution >= 0.6 is 0 Å². The molecule has 3 heterocycles. The standard InChI is InChI=1S/C12H16N6/c1-4-18-7(2)9-10(16-17(3)15-9)8-5-6-14-12(13)11(8)18/h5-7H,4H2,1-3H3,(H2,13,14). The van der Waals surface area contributed by atoms with E-state index in [-0.39, 0.29) is 6.04 Å². The van der Waals surface area contributed by atoms with Gasteiger partial charge in [-0.15, -0.1) is 0 Å². The van der Waals surface area contributed by atoms with Crippen LogP contribution in [0.2, 0.25) is 0 Å². The largest absolute Gasteiger partial charge is 0.382 e. The third-order valence-corrected chi connectivity index (χ3v) is 3.44. The van der Waals surface area contributed by atoms with Crippen molar-refractivity contribution in [1.29, 1.82) is 0 Å². The van der Waals surface area contributed by atoms with E-state index in [0.29, 0.717) is 5.82 Å². The normalized spacial score (nSPS) is 17.5. The maximum atomic E-state index is 6.03. The smallest absolute Gasteiger partial charge is 0.147 e. The molecule has 1 atom stereocenters. The molecule has 3 rings (SSSR count). The van der Waals surface area contributed by atoms with Crippen molar-refractivity contribution in [2.45, 2.75) is 19.9 Å². The monoisotopic (exact) mass is 244 g/mol. The SMILES string of the molecule is CCN1c2c(ccnc2N)-c2nn(C)nc2C1C. The van der Waals surface area contributed by atoms with Crippen LogP contribution in [0, 0.1) is 0 Å². The van der Waals surface area contributed by atoms with Crippen molar-refractivity contribution in [3.8, 4) is 11.3 Å². The molecule has 2 N–H and O–H groups in total. The number of fused-ring (bicyclic) bond motifs is 3. The molecule has 0 amide bonds. The minimum absolute atomic E-state index is 0.165. The quantitative estimate of drug-likeness (QED) is 0.820. The van der Waals surface area contributed by atoms with Gasteiger partial charge in [0.05, 0.1) is 11.7 Å². The highest BCUT2D eigenvalue weighted by Gasteiger charge is 2.32. The fraction of sp³-hybridized carbons (Fsp3) is 0.417. The van der Waals surface area contributed by atoms with Gasteiger partial charge in [0, 0.05) is 25.4 Å². The van der Waals surface area contributed by atoms with Crippen LogP contribution in [-0.4, -0.2) is 26.5 Å². The van der Waals surface area contributed by atoms with Crippen LogP contribution in [0.4, 0.5) is 11.5 Å². The van der Waals surface area contributed by atoms with E-state index < -0.39 is 0 Å². The van der Waals surface area contributed by atoms with Crippen LogP contribution in [0.15, 0.2) is 12.3 Å². The first-order valence-electron chi connectivity index (χ1n) is 6.06. The van der Waals surface area contributed by atoms with E-state index >= 15 is 0 Å². The molecule has 94 valence electrons. The van der Waals surface area contributed by atoms with Gasteiger partial charge in [0.15, 0.2) is 0 Å². The molecule has 0 aromatic carbocycles. The third kappa shape index (κ3) is 1.32. The van der Waals surface area contributed by atoms with E-state index in [1.807, 2.05) is 13.1 Å². The average molecular weight is 244 g/mol. The first-order valence-corrected chi connectivity index (χ1v) is 6.06. The van der Waals surface area contributed by atoms with Crippen LogP contribution in [-0.2, 0) is 7.05 Å². The number of hydrogen-bond acceptors (Lipinski definition) is 5. The van der Waals surface area contributed by atoms with E-state index in [9.17, 15) is 0 Å². The number of aryl methyl sites for hydroxylation is 1. The van der Waals surface area contributed by atoms with Gasteiger partial charge in [0.25, 0.3) is 0 Å². The molecule has 0 bridgehead atoms. The summed E-state index contributed by atoms with van der Waals surface area (Å²) in [5.41, 5.74) is 9.93. The van der Waals surface area contributed by atoms with Gasteiger partial charge in [0.1, 0.15) is 17.2 Å². The molecule has 1 unspecified atom stereocenters. The van der Waals surface area contributed by atoms with Crippen LogP contribution in [0.3, 0.4) is 0 Å². The van der Waals surface area contributed by atoms with Crippen molar-refractivity contribution >= 4 is 11.5 Å². The van der Waals surface area contributed by atoms with Gasteiger partial charge in [-0.2, -0.15) is 15.0 Å². The van der Waals surface area contributed by atoms with Crippen molar-refractivity contribution in [1.82, 2.24) is 20.0 Å². The maximum absolute atomic E-state index is 6.03. The van der Waals surface area contributed by atoms with Gasteiger partial charge in [-0.1, -0.05) is 0 Å². The summed E-state index contributed by atoms with van der Waals surface area (Å²) in [5.74, 6) is 0.553. The summed E-state index contributed by atoms with van der Waals surface area (Å²) in [4.78, 5) is 8.01. The molecule has 6 nitrogen and oxygen atoms in total. The Morgan fingerprint density at radius 1 is 1.39 bits per heavy atom. The highest BCUT2D eigenvalue weighted by Crippen LogP contribution is 2.44. The predicted octanol–water partition coefficient (Wildman–Crippen LogP) is 1.36. The summed E-state index contributed by atoms with van der Waals surface area (Å²) in [6, 6.07) is 2.12. The Kier molecular flexibility index (Phi) is 2.26. The lowest BCUT2D eigenvalue weighted by Crippen LogP contribution is -2.31. The highest BCUT2D eigenvalue weighted by molar-refractivity contribution is 5.87. The zero-order valence-electron chi connectivity index (χ0n) is 10.8. The minimum atomic E-state index is 0.165. The van der Waals surface area contributed by atoms with Gasteiger partial charge < -0.3 is 10.6 Å². The Labute approximate surface area is 105 Å². The Bertz CT molecular complexity index is 603. The topological polar surface area (TPSA) is 72.9 Å². The number of nitrogens with two attached hydrogens (primary N) is 1. The molecule has 0 saturated carbocycles. The van der Waals surface area contributed by atoms with Crippen molar-refractivity contribution in [2.75, 3.05) is 17.2 Å². The minimum Gasteiger partial charge on any atom is -0.382 e. The maximum Gasteiger partial charge on any atom is 0.147 e. The van der Waals surface area contributed by atoms with Crippen LogP contribution in [0.25, 0.3) is 11.3 Å². The number of nitrogen functional groups attached to an aromatic ring is 1.